The van der Waals surface area contributed by atoms with Crippen LogP contribution in [-0.2, 0) is 6.42 Å². The number of hydrogen-bond acceptors (Lipinski definition) is 4. The van der Waals surface area contributed by atoms with Crippen LogP contribution in [0.5, 0.6) is 5.75 Å². The number of benzene rings is 1. The maximum atomic E-state index is 13.4. The minimum Gasteiger partial charge on any atom is -0.497 e. The molecule has 0 aliphatic rings. The highest BCUT2D eigenvalue weighted by molar-refractivity contribution is 5.45. The van der Waals surface area contributed by atoms with Crippen LogP contribution in [0.2, 0.25) is 0 Å². The molecule has 1 aromatic carbocycles. The number of anilines is 2. The number of pyridine rings is 1. The van der Waals surface area contributed by atoms with E-state index in [0.717, 1.165) is 17.4 Å². The SMILES string of the molecule is COc1cccc(CCNc2nc(N)c(F)cc2F)c1. The van der Waals surface area contributed by atoms with Crippen LogP contribution >= 0.6 is 0 Å². The van der Waals surface area contributed by atoms with Crippen LogP contribution < -0.4 is 15.8 Å². The Morgan fingerprint density at radius 2 is 2.05 bits per heavy atom. The Balaban J connectivity index is 1.97. The zero-order chi connectivity index (χ0) is 14.5. The molecule has 1 aromatic heterocycles. The molecule has 0 fully saturated rings. The van der Waals surface area contributed by atoms with Gasteiger partial charge in [-0.25, -0.2) is 13.8 Å². The Morgan fingerprint density at radius 1 is 1.25 bits per heavy atom. The standard InChI is InChI=1S/C14H15F2N3O/c1-20-10-4-2-3-9(7-10)5-6-18-14-12(16)8-11(15)13(17)19-14/h2-4,7-8H,5-6H2,1H3,(H3,17,18,19). The van der Waals surface area contributed by atoms with E-state index in [1.807, 2.05) is 24.3 Å². The van der Waals surface area contributed by atoms with Crippen molar-refractivity contribution in [2.75, 3.05) is 24.7 Å². The Labute approximate surface area is 115 Å². The van der Waals surface area contributed by atoms with Crippen LogP contribution in [0.1, 0.15) is 5.56 Å². The topological polar surface area (TPSA) is 60.2 Å². The first-order valence-electron chi connectivity index (χ1n) is 6.08. The van der Waals surface area contributed by atoms with Gasteiger partial charge >= 0.3 is 0 Å². The summed E-state index contributed by atoms with van der Waals surface area (Å²) in [6, 6.07) is 8.27. The molecule has 0 spiro atoms. The predicted octanol–water partition coefficient (Wildman–Crippen LogP) is 2.61. The van der Waals surface area contributed by atoms with Crippen molar-refractivity contribution < 1.29 is 13.5 Å². The van der Waals surface area contributed by atoms with Crippen LogP contribution in [-0.4, -0.2) is 18.6 Å². The molecule has 0 saturated heterocycles. The minimum absolute atomic E-state index is 0.0493. The normalized spacial score (nSPS) is 10.3. The van der Waals surface area contributed by atoms with E-state index in [0.29, 0.717) is 13.0 Å². The molecular weight excluding hydrogens is 264 g/mol. The number of nitrogens with two attached hydrogens (primary N) is 1. The molecule has 0 unspecified atom stereocenters. The zero-order valence-corrected chi connectivity index (χ0v) is 11.0. The van der Waals surface area contributed by atoms with Gasteiger partial charge in [-0.05, 0) is 24.1 Å². The summed E-state index contributed by atoms with van der Waals surface area (Å²) in [5, 5.41) is 2.79. The quantitative estimate of drug-likeness (QED) is 0.883. The fraction of sp³-hybridized carbons (Fsp3) is 0.214. The first kappa shape index (κ1) is 14.0. The fourth-order valence-corrected chi connectivity index (χ4v) is 1.76. The zero-order valence-electron chi connectivity index (χ0n) is 11.0. The van der Waals surface area contributed by atoms with Gasteiger partial charge in [0.1, 0.15) is 5.75 Å². The molecule has 0 saturated carbocycles. The third-order valence-electron chi connectivity index (χ3n) is 2.80. The largest absolute Gasteiger partial charge is 0.497 e. The average Bonchev–Trinajstić information content (AvgIpc) is 2.44. The molecule has 2 aromatic rings. The lowest BCUT2D eigenvalue weighted by molar-refractivity contribution is 0.414. The first-order chi connectivity index (χ1) is 9.60. The van der Waals surface area contributed by atoms with Crippen molar-refractivity contribution in [1.82, 2.24) is 4.98 Å². The molecule has 4 nitrogen and oxygen atoms in total. The molecule has 0 aliphatic heterocycles. The summed E-state index contributed by atoms with van der Waals surface area (Å²) in [5.41, 5.74) is 6.34. The van der Waals surface area contributed by atoms with E-state index in [1.165, 1.54) is 0 Å². The van der Waals surface area contributed by atoms with Gasteiger partial charge in [-0.15, -0.1) is 0 Å². The fourth-order valence-electron chi connectivity index (χ4n) is 1.76. The average molecular weight is 279 g/mol. The number of rotatable bonds is 5. The van der Waals surface area contributed by atoms with Gasteiger partial charge in [0.2, 0.25) is 0 Å². The molecule has 2 rings (SSSR count). The van der Waals surface area contributed by atoms with Gasteiger partial charge in [0.25, 0.3) is 0 Å². The number of aromatic nitrogens is 1. The second kappa shape index (κ2) is 6.18. The van der Waals surface area contributed by atoms with Gasteiger partial charge in [0, 0.05) is 12.6 Å². The molecule has 106 valence electrons. The molecule has 0 amide bonds. The van der Waals surface area contributed by atoms with Crippen LogP contribution in [0.3, 0.4) is 0 Å². The Hall–Kier alpha value is -2.37. The van der Waals surface area contributed by atoms with Gasteiger partial charge in [-0.1, -0.05) is 12.1 Å². The van der Waals surface area contributed by atoms with E-state index in [2.05, 4.69) is 10.3 Å². The summed E-state index contributed by atoms with van der Waals surface area (Å²) < 4.78 is 31.5. The maximum absolute atomic E-state index is 13.4. The highest BCUT2D eigenvalue weighted by Gasteiger charge is 2.09. The van der Waals surface area contributed by atoms with E-state index in [9.17, 15) is 8.78 Å². The number of methoxy groups -OCH3 is 1. The lowest BCUT2D eigenvalue weighted by atomic mass is 10.1. The number of hydrogen-bond donors (Lipinski definition) is 2. The lowest BCUT2D eigenvalue weighted by Gasteiger charge is -2.08. The van der Waals surface area contributed by atoms with Crippen molar-refractivity contribution in [2.24, 2.45) is 0 Å². The minimum atomic E-state index is -0.860. The molecule has 0 radical (unpaired) electrons. The van der Waals surface area contributed by atoms with Gasteiger partial charge in [0.15, 0.2) is 23.3 Å². The van der Waals surface area contributed by atoms with Crippen LogP contribution in [0.25, 0.3) is 0 Å². The van der Waals surface area contributed by atoms with Gasteiger partial charge in [-0.2, -0.15) is 0 Å². The summed E-state index contributed by atoms with van der Waals surface area (Å²) in [5.74, 6) is -1.23. The molecule has 0 aliphatic carbocycles. The summed E-state index contributed by atoms with van der Waals surface area (Å²) in [6.07, 6.45) is 0.648. The summed E-state index contributed by atoms with van der Waals surface area (Å²) in [4.78, 5) is 3.63. The third-order valence-corrected chi connectivity index (χ3v) is 2.80. The van der Waals surface area contributed by atoms with Crippen LogP contribution in [0, 0.1) is 11.6 Å². The molecule has 20 heavy (non-hydrogen) atoms. The van der Waals surface area contributed by atoms with Gasteiger partial charge in [-0.3, -0.25) is 0 Å². The second-order valence-corrected chi connectivity index (χ2v) is 4.21. The predicted molar refractivity (Wildman–Crippen MR) is 73.8 cm³/mol. The van der Waals surface area contributed by atoms with Gasteiger partial charge in [0.05, 0.1) is 7.11 Å². The van der Waals surface area contributed by atoms with E-state index < -0.39 is 11.6 Å². The Kier molecular flexibility index (Phi) is 4.34. The molecule has 3 N–H and O–H groups in total. The number of nitrogen functional groups attached to an aromatic ring is 1. The monoisotopic (exact) mass is 279 g/mol. The Bertz CT molecular complexity index is 605. The number of nitrogens with one attached hydrogen (secondary N) is 1. The highest BCUT2D eigenvalue weighted by Crippen LogP contribution is 2.17. The van der Waals surface area contributed by atoms with Crippen molar-refractivity contribution in [3.8, 4) is 5.75 Å². The van der Waals surface area contributed by atoms with Crippen molar-refractivity contribution in [1.29, 1.82) is 0 Å². The van der Waals surface area contributed by atoms with Crippen molar-refractivity contribution in [3.63, 3.8) is 0 Å². The number of nitrogens with zero attached hydrogens (tertiary/aromatic N) is 1. The molecule has 0 atom stereocenters. The van der Waals surface area contributed by atoms with Gasteiger partial charge < -0.3 is 15.8 Å². The Morgan fingerprint density at radius 3 is 2.80 bits per heavy atom. The lowest BCUT2D eigenvalue weighted by Crippen LogP contribution is -2.10. The third kappa shape index (κ3) is 3.34. The molecule has 6 heteroatoms. The van der Waals surface area contributed by atoms with E-state index >= 15 is 0 Å². The van der Waals surface area contributed by atoms with Crippen LogP contribution in [0.15, 0.2) is 30.3 Å². The van der Waals surface area contributed by atoms with E-state index in [4.69, 9.17) is 10.5 Å². The van der Waals surface area contributed by atoms with Crippen molar-refractivity contribution in [2.45, 2.75) is 6.42 Å². The second-order valence-electron chi connectivity index (χ2n) is 4.21. The molecule has 1 heterocycles. The summed E-state index contributed by atoms with van der Waals surface area (Å²) in [6.45, 7) is 0.447. The van der Waals surface area contributed by atoms with Crippen molar-refractivity contribution in [3.05, 3.63) is 47.5 Å². The first-order valence-corrected chi connectivity index (χ1v) is 6.08. The highest BCUT2D eigenvalue weighted by atomic mass is 19.1. The van der Waals surface area contributed by atoms with Crippen LogP contribution in [0.4, 0.5) is 20.4 Å². The smallest absolute Gasteiger partial charge is 0.168 e. The number of halogens is 2. The number of ether oxygens (including phenoxy) is 1. The van der Waals surface area contributed by atoms with Crippen molar-refractivity contribution >= 4 is 11.6 Å². The summed E-state index contributed by atoms with van der Waals surface area (Å²) in [7, 11) is 1.60. The molecule has 0 bridgehead atoms. The molecular formula is C14H15F2N3O. The van der Waals surface area contributed by atoms with E-state index in [-0.39, 0.29) is 11.6 Å². The summed E-state index contributed by atoms with van der Waals surface area (Å²) >= 11 is 0. The maximum Gasteiger partial charge on any atom is 0.168 e. The van der Waals surface area contributed by atoms with E-state index in [1.54, 1.807) is 7.11 Å².